The van der Waals surface area contributed by atoms with Crippen molar-refractivity contribution in [2.24, 2.45) is 0 Å². The molecule has 0 bridgehead atoms. The van der Waals surface area contributed by atoms with Crippen LogP contribution in [0.1, 0.15) is 41.4 Å². The van der Waals surface area contributed by atoms with E-state index in [-0.39, 0.29) is 12.0 Å². The van der Waals surface area contributed by atoms with Crippen LogP contribution < -0.4 is 5.32 Å². The topological polar surface area (TPSA) is 55.4 Å². The molecule has 0 heterocycles. The lowest BCUT2D eigenvalue weighted by molar-refractivity contribution is -0.150. The van der Waals surface area contributed by atoms with Crippen LogP contribution >= 0.6 is 0 Å². The van der Waals surface area contributed by atoms with Gasteiger partial charge in [0.05, 0.1) is 0 Å². The molecule has 0 aromatic heterocycles. The highest BCUT2D eigenvalue weighted by atomic mass is 16.5. The molecule has 0 spiro atoms. The molecule has 120 valence electrons. The molecular formula is C19H21NO3. The number of nitrogens with one attached hydrogen (secondary N) is 1. The number of carbonyl (C=O) groups is 2. The van der Waals surface area contributed by atoms with Crippen molar-refractivity contribution in [3.05, 3.63) is 71.3 Å². The average molecular weight is 311 g/mol. The summed E-state index contributed by atoms with van der Waals surface area (Å²) in [6.07, 6.45) is -0.359. The Morgan fingerprint density at radius 1 is 1.00 bits per heavy atom. The first-order valence-electron chi connectivity index (χ1n) is 7.60. The van der Waals surface area contributed by atoms with Gasteiger partial charge in [-0.3, -0.25) is 4.79 Å². The molecule has 0 saturated heterocycles. The van der Waals surface area contributed by atoms with Crippen molar-refractivity contribution < 1.29 is 14.3 Å². The zero-order valence-electron chi connectivity index (χ0n) is 13.6. The molecule has 2 aromatic carbocycles. The number of benzene rings is 2. The minimum absolute atomic E-state index is 0.287. The summed E-state index contributed by atoms with van der Waals surface area (Å²) in [5.74, 6) is -0.743. The molecule has 0 unspecified atom stereocenters. The van der Waals surface area contributed by atoms with E-state index >= 15 is 0 Å². The Morgan fingerprint density at radius 3 is 2.35 bits per heavy atom. The van der Waals surface area contributed by atoms with Crippen LogP contribution in [0, 0.1) is 6.92 Å². The van der Waals surface area contributed by atoms with Gasteiger partial charge in [0.25, 0.3) is 5.91 Å². The fourth-order valence-electron chi connectivity index (χ4n) is 2.19. The van der Waals surface area contributed by atoms with Crippen LogP contribution in [0.5, 0.6) is 0 Å². The van der Waals surface area contributed by atoms with Crippen LogP contribution in [0.2, 0.25) is 0 Å². The van der Waals surface area contributed by atoms with Crippen molar-refractivity contribution in [2.45, 2.75) is 32.9 Å². The highest BCUT2D eigenvalue weighted by molar-refractivity contribution is 5.96. The maximum atomic E-state index is 12.1. The van der Waals surface area contributed by atoms with Gasteiger partial charge in [-0.1, -0.05) is 48.0 Å². The minimum atomic E-state index is -0.714. The van der Waals surface area contributed by atoms with Crippen LogP contribution in [0.15, 0.2) is 54.6 Å². The molecule has 0 fully saturated rings. The van der Waals surface area contributed by atoms with Crippen molar-refractivity contribution >= 4 is 11.9 Å². The van der Waals surface area contributed by atoms with Crippen molar-refractivity contribution in [1.82, 2.24) is 5.32 Å². The second-order valence-corrected chi connectivity index (χ2v) is 5.55. The summed E-state index contributed by atoms with van der Waals surface area (Å²) < 4.78 is 5.41. The molecule has 0 saturated carbocycles. The molecule has 2 rings (SSSR count). The molecule has 0 aliphatic heterocycles. The SMILES string of the molecule is Cc1cccc(C(=O)N[C@@H](C)C(=O)O[C@@H](C)c2ccccc2)c1. The predicted octanol–water partition coefficient (Wildman–Crippen LogP) is 3.42. The fraction of sp³-hybridized carbons (Fsp3) is 0.263. The van der Waals surface area contributed by atoms with Crippen LogP contribution in [0.25, 0.3) is 0 Å². The Labute approximate surface area is 136 Å². The average Bonchev–Trinajstić information content (AvgIpc) is 2.55. The molecule has 0 radical (unpaired) electrons. The monoisotopic (exact) mass is 311 g/mol. The summed E-state index contributed by atoms with van der Waals surface area (Å²) in [6.45, 7) is 5.34. The van der Waals surface area contributed by atoms with Crippen LogP contribution in [-0.4, -0.2) is 17.9 Å². The summed E-state index contributed by atoms with van der Waals surface area (Å²) in [5.41, 5.74) is 2.43. The largest absolute Gasteiger partial charge is 0.456 e. The lowest BCUT2D eigenvalue weighted by Crippen LogP contribution is -2.39. The first kappa shape index (κ1) is 16.7. The van der Waals surface area contributed by atoms with Gasteiger partial charge in [0.1, 0.15) is 12.1 Å². The second kappa shape index (κ2) is 7.58. The quantitative estimate of drug-likeness (QED) is 0.861. The normalized spacial score (nSPS) is 13.0. The van der Waals surface area contributed by atoms with Crippen LogP contribution in [0.4, 0.5) is 0 Å². The van der Waals surface area contributed by atoms with Crippen molar-refractivity contribution in [3.8, 4) is 0 Å². The van der Waals surface area contributed by atoms with Crippen molar-refractivity contribution in [3.63, 3.8) is 0 Å². The van der Waals surface area contributed by atoms with E-state index in [0.29, 0.717) is 5.56 Å². The molecule has 0 aliphatic carbocycles. The summed E-state index contributed by atoms with van der Waals surface area (Å²) in [6, 6.07) is 16.0. The Balaban J connectivity index is 1.93. The molecule has 23 heavy (non-hydrogen) atoms. The highest BCUT2D eigenvalue weighted by Gasteiger charge is 2.20. The van der Waals surface area contributed by atoms with E-state index in [9.17, 15) is 9.59 Å². The molecule has 0 aliphatic rings. The van der Waals surface area contributed by atoms with E-state index in [4.69, 9.17) is 4.74 Å². The van der Waals surface area contributed by atoms with Gasteiger partial charge in [-0.05, 0) is 38.5 Å². The number of amides is 1. The Hall–Kier alpha value is -2.62. The first-order valence-corrected chi connectivity index (χ1v) is 7.60. The van der Waals surface area contributed by atoms with E-state index in [2.05, 4.69) is 5.32 Å². The van der Waals surface area contributed by atoms with Gasteiger partial charge in [0.15, 0.2) is 0 Å². The van der Waals surface area contributed by atoms with E-state index in [1.165, 1.54) is 0 Å². The maximum absolute atomic E-state index is 12.1. The smallest absolute Gasteiger partial charge is 0.328 e. The lowest BCUT2D eigenvalue weighted by atomic mass is 10.1. The molecule has 1 amide bonds. The number of rotatable bonds is 5. The van der Waals surface area contributed by atoms with E-state index in [1.807, 2.05) is 56.3 Å². The third kappa shape index (κ3) is 4.68. The summed E-state index contributed by atoms with van der Waals surface area (Å²) >= 11 is 0. The third-order valence-corrected chi connectivity index (χ3v) is 3.54. The Kier molecular flexibility index (Phi) is 5.52. The molecule has 2 atom stereocenters. The molecule has 4 nitrogen and oxygen atoms in total. The molecule has 1 N–H and O–H groups in total. The number of hydrogen-bond acceptors (Lipinski definition) is 3. The van der Waals surface area contributed by atoms with Crippen molar-refractivity contribution in [2.75, 3.05) is 0 Å². The fourth-order valence-corrected chi connectivity index (χ4v) is 2.19. The van der Waals surface area contributed by atoms with E-state index in [0.717, 1.165) is 11.1 Å². The van der Waals surface area contributed by atoms with Crippen LogP contribution in [-0.2, 0) is 9.53 Å². The number of hydrogen-bond donors (Lipinski definition) is 1. The van der Waals surface area contributed by atoms with Gasteiger partial charge in [-0.2, -0.15) is 0 Å². The first-order chi connectivity index (χ1) is 11.0. The van der Waals surface area contributed by atoms with Gasteiger partial charge < -0.3 is 10.1 Å². The molecule has 2 aromatic rings. The Morgan fingerprint density at radius 2 is 1.70 bits per heavy atom. The highest BCUT2D eigenvalue weighted by Crippen LogP contribution is 2.16. The zero-order chi connectivity index (χ0) is 16.8. The number of ether oxygens (including phenoxy) is 1. The van der Waals surface area contributed by atoms with Gasteiger partial charge in [-0.25, -0.2) is 4.79 Å². The van der Waals surface area contributed by atoms with Crippen LogP contribution in [0.3, 0.4) is 0 Å². The summed E-state index contributed by atoms with van der Waals surface area (Å²) in [7, 11) is 0. The number of esters is 1. The van der Waals surface area contributed by atoms with Gasteiger partial charge in [0, 0.05) is 5.56 Å². The third-order valence-electron chi connectivity index (χ3n) is 3.54. The minimum Gasteiger partial charge on any atom is -0.456 e. The number of carbonyl (C=O) groups excluding carboxylic acids is 2. The van der Waals surface area contributed by atoms with Gasteiger partial charge in [0.2, 0.25) is 0 Å². The molecular weight excluding hydrogens is 290 g/mol. The van der Waals surface area contributed by atoms with Gasteiger partial charge >= 0.3 is 5.97 Å². The molecule has 4 heteroatoms. The lowest BCUT2D eigenvalue weighted by Gasteiger charge is -2.18. The Bertz CT molecular complexity index is 682. The number of aryl methyl sites for hydroxylation is 1. The van der Waals surface area contributed by atoms with Gasteiger partial charge in [-0.15, -0.1) is 0 Å². The summed E-state index contributed by atoms with van der Waals surface area (Å²) in [4.78, 5) is 24.3. The van der Waals surface area contributed by atoms with E-state index in [1.54, 1.807) is 19.1 Å². The standard InChI is InChI=1S/C19H21NO3/c1-13-8-7-11-17(12-13)18(21)20-14(2)19(22)23-15(3)16-9-5-4-6-10-16/h4-12,14-15H,1-3H3,(H,20,21)/t14-,15-/m0/s1. The zero-order valence-corrected chi connectivity index (χ0v) is 13.6. The summed E-state index contributed by atoms with van der Waals surface area (Å²) in [5, 5.41) is 2.67. The predicted molar refractivity (Wildman–Crippen MR) is 89.1 cm³/mol. The second-order valence-electron chi connectivity index (χ2n) is 5.55. The maximum Gasteiger partial charge on any atom is 0.328 e. The van der Waals surface area contributed by atoms with Crippen molar-refractivity contribution in [1.29, 1.82) is 0 Å². The van der Waals surface area contributed by atoms with E-state index < -0.39 is 12.0 Å².